The van der Waals surface area contributed by atoms with E-state index < -0.39 is 144 Å². The van der Waals surface area contributed by atoms with Crippen LogP contribution in [0.25, 0.3) is 0 Å². The van der Waals surface area contributed by atoms with Crippen LogP contribution >= 0.6 is 0 Å². The Hall–Kier alpha value is -4.24. The molecule has 0 atom stereocenters. The van der Waals surface area contributed by atoms with E-state index in [1.165, 1.54) is 18.1 Å². The van der Waals surface area contributed by atoms with Crippen LogP contribution in [0.3, 0.4) is 0 Å². The summed E-state index contributed by atoms with van der Waals surface area (Å²) in [6.45, 7) is 6.97. The largest absolute Gasteiger partial charge is 0.207 e. The third kappa shape index (κ3) is 6.18. The molecule has 0 saturated carbocycles. The highest BCUT2D eigenvalue weighted by molar-refractivity contribution is 7.20. The fourth-order valence-electron chi connectivity index (χ4n) is 5.74. The van der Waals surface area contributed by atoms with Crippen molar-refractivity contribution in [3.05, 3.63) is 116 Å². The number of rotatable bonds is 7. The van der Waals surface area contributed by atoms with Gasteiger partial charge in [0, 0.05) is 8.80 Å². The molecule has 0 radical (unpaired) electrons. The highest BCUT2D eigenvalue weighted by atomic mass is 28.3. The van der Waals surface area contributed by atoms with E-state index in [-0.39, 0.29) is 8.80 Å². The summed E-state index contributed by atoms with van der Waals surface area (Å²) in [5.41, 5.74) is -14.3. The summed E-state index contributed by atoms with van der Waals surface area (Å²) in [7, 11) is -0.171. The molecule has 0 nitrogen and oxygen atoms in total. The fourth-order valence-corrected chi connectivity index (χ4v) is 7.47. The topological polar surface area (TPSA) is 0 Å². The van der Waals surface area contributed by atoms with E-state index in [0.29, 0.717) is 0 Å². The Morgan fingerprint density at radius 1 is 0.250 bits per heavy atom. The van der Waals surface area contributed by atoms with Gasteiger partial charge in [0.2, 0.25) is 0 Å². The Bertz CT molecular complexity index is 1670. The first kappa shape index (κ1) is 42.2. The lowest BCUT2D eigenvalue weighted by Gasteiger charge is -2.44. The summed E-state index contributed by atoms with van der Waals surface area (Å²) < 4.78 is 294. The Morgan fingerprint density at radius 2 is 0.365 bits per heavy atom. The zero-order chi connectivity index (χ0) is 40.1. The predicted octanol–water partition coefficient (Wildman–Crippen LogP) is 8.12. The van der Waals surface area contributed by atoms with Crippen molar-refractivity contribution >= 4 is 36.8 Å². The van der Waals surface area contributed by atoms with Crippen molar-refractivity contribution in [1.29, 1.82) is 0 Å². The number of halogens is 20. The second kappa shape index (κ2) is 15.4. The van der Waals surface area contributed by atoms with Gasteiger partial charge in [-0.25, -0.2) is 87.8 Å². The molecule has 0 bridgehead atoms. The lowest BCUT2D eigenvalue weighted by atomic mass is 9.12. The minimum absolute atomic E-state index is 0.171. The van der Waals surface area contributed by atoms with Crippen molar-refractivity contribution in [2.24, 2.45) is 0 Å². The highest BCUT2D eigenvalue weighted by Crippen LogP contribution is 2.30. The minimum atomic E-state index is -7.22. The fraction of sp³-hybridized carbons (Fsp3) is 0.200. The third-order valence-corrected chi connectivity index (χ3v) is 11.9. The van der Waals surface area contributed by atoms with Crippen LogP contribution in [0, 0.1) is 116 Å². The normalized spacial score (nSPS) is 11.8. The second-order valence-corrected chi connectivity index (χ2v) is 15.1. The summed E-state index contributed by atoms with van der Waals surface area (Å²) in [6.07, 6.45) is -7.22. The predicted molar refractivity (Wildman–Crippen MR) is 148 cm³/mol. The number of hydrogen-bond acceptors (Lipinski definition) is 0. The molecular weight excluding hydrogens is 779 g/mol. The maximum absolute atomic E-state index is 15.4. The van der Waals surface area contributed by atoms with Crippen molar-refractivity contribution < 1.29 is 87.8 Å². The van der Waals surface area contributed by atoms with E-state index in [0.717, 1.165) is 0 Å². The van der Waals surface area contributed by atoms with E-state index in [2.05, 4.69) is 20.8 Å². The Morgan fingerprint density at radius 3 is 0.462 bits per heavy atom. The van der Waals surface area contributed by atoms with E-state index in [9.17, 15) is 52.7 Å². The number of hydrogen-bond donors (Lipinski definition) is 0. The molecule has 0 aliphatic carbocycles. The molecule has 0 N–H and O–H groups in total. The quantitative estimate of drug-likeness (QED) is 0.0768. The van der Waals surface area contributed by atoms with Gasteiger partial charge in [0.1, 0.15) is 52.7 Å². The van der Waals surface area contributed by atoms with Gasteiger partial charge in [-0.3, -0.25) is 0 Å². The first-order valence-corrected chi connectivity index (χ1v) is 16.7. The van der Waals surface area contributed by atoms with Crippen LogP contribution in [0.5, 0.6) is 0 Å². The van der Waals surface area contributed by atoms with E-state index >= 15 is 35.1 Å². The van der Waals surface area contributed by atoms with Gasteiger partial charge in [0.15, 0.2) is 69.8 Å². The minimum Gasteiger partial charge on any atom is -0.207 e. The van der Waals surface area contributed by atoms with Gasteiger partial charge in [-0.2, -0.15) is 0 Å². The second-order valence-electron chi connectivity index (χ2n) is 10.9. The van der Waals surface area contributed by atoms with Crippen molar-refractivity contribution in [3.63, 3.8) is 0 Å². The summed E-state index contributed by atoms with van der Waals surface area (Å²) >= 11 is 0. The van der Waals surface area contributed by atoms with Gasteiger partial charge in [-0.1, -0.05) is 38.9 Å². The smallest absolute Gasteiger partial charge is 0.200 e. The Labute approximate surface area is 280 Å². The van der Waals surface area contributed by atoms with Crippen LogP contribution in [0.1, 0.15) is 20.8 Å². The Balaban J connectivity index is 0.000000944. The summed E-state index contributed by atoms with van der Waals surface area (Å²) in [4.78, 5) is 0. The van der Waals surface area contributed by atoms with Crippen molar-refractivity contribution in [2.45, 2.75) is 38.9 Å². The molecule has 284 valence electrons. The monoisotopic (exact) mass is 795 g/mol. The third-order valence-electron chi connectivity index (χ3n) is 8.44. The maximum Gasteiger partial charge on any atom is 0.200 e. The highest BCUT2D eigenvalue weighted by Gasteiger charge is 2.52. The van der Waals surface area contributed by atoms with E-state index in [1.807, 2.05) is 0 Å². The van der Waals surface area contributed by atoms with E-state index in [4.69, 9.17) is 0 Å². The first-order valence-electron chi connectivity index (χ1n) is 14.3. The molecular formula is C30H16BF20Si-. The van der Waals surface area contributed by atoms with Crippen LogP contribution < -0.4 is 21.9 Å². The van der Waals surface area contributed by atoms with Crippen LogP contribution in [0.15, 0.2) is 0 Å². The van der Waals surface area contributed by atoms with Gasteiger partial charge >= 0.3 is 0 Å². The molecule has 0 unspecified atom stereocenters. The number of benzene rings is 4. The van der Waals surface area contributed by atoms with Crippen molar-refractivity contribution in [3.8, 4) is 0 Å². The molecule has 0 heterocycles. The van der Waals surface area contributed by atoms with E-state index in [1.54, 1.807) is 0 Å². The van der Waals surface area contributed by atoms with Gasteiger partial charge in [0.05, 0.1) is 0 Å². The standard InChI is InChI=1S/C24BF20.C6H16Si/c26-5-1(6(27)14(35)21(42)13(5)34)25(2-7(28)15(36)22(43)16(37)8(2)29,3-9(30)17(38)23(44)18(39)10(3)31)4-11(32)19(40)24(45)20(41)12(4)33;1-4-7(5-2)6-3/h;7H,4-6H2,1-3H3/q-1;. The SMILES string of the molecule is CC[SiH](CC)CC.Fc1c(F)c(F)c([B-](c2c(F)c(F)c(F)c(F)c2F)(c2c(F)c(F)c(F)c(F)c2F)c2c(F)c(F)c(F)c(F)c2F)c(F)c1F. The molecule has 4 aromatic carbocycles. The van der Waals surface area contributed by atoms with Gasteiger partial charge < -0.3 is 0 Å². The molecule has 0 amide bonds. The molecule has 4 rings (SSSR count). The molecule has 0 aliphatic rings. The molecule has 22 heteroatoms. The summed E-state index contributed by atoms with van der Waals surface area (Å²) in [5, 5.41) is 0. The maximum atomic E-state index is 15.4. The van der Waals surface area contributed by atoms with Crippen molar-refractivity contribution in [2.75, 3.05) is 0 Å². The summed E-state index contributed by atoms with van der Waals surface area (Å²) in [5.74, 6) is -71.4. The Kier molecular flexibility index (Phi) is 12.5. The molecule has 4 aromatic rings. The lowest BCUT2D eigenvalue weighted by molar-refractivity contribution is 0.378. The van der Waals surface area contributed by atoms with Gasteiger partial charge in [-0.15, -0.1) is 21.9 Å². The summed E-state index contributed by atoms with van der Waals surface area (Å²) in [6, 6.07) is 4.48. The van der Waals surface area contributed by atoms with Crippen LogP contribution in [-0.2, 0) is 0 Å². The van der Waals surface area contributed by atoms with Gasteiger partial charge in [0.25, 0.3) is 0 Å². The van der Waals surface area contributed by atoms with Crippen LogP contribution in [0.2, 0.25) is 18.1 Å². The average Bonchev–Trinajstić information content (AvgIpc) is 3.12. The van der Waals surface area contributed by atoms with Crippen molar-refractivity contribution in [1.82, 2.24) is 0 Å². The molecule has 0 saturated heterocycles. The molecule has 0 aromatic heterocycles. The van der Waals surface area contributed by atoms with Crippen LogP contribution in [-0.4, -0.2) is 14.9 Å². The lowest BCUT2D eigenvalue weighted by Crippen LogP contribution is -2.81. The first-order chi connectivity index (χ1) is 24.0. The molecule has 0 aliphatic heterocycles. The zero-order valence-corrected chi connectivity index (χ0v) is 27.0. The molecule has 0 spiro atoms. The van der Waals surface area contributed by atoms with Gasteiger partial charge in [-0.05, 0) is 0 Å². The molecule has 52 heavy (non-hydrogen) atoms. The zero-order valence-electron chi connectivity index (χ0n) is 25.8. The molecule has 0 fully saturated rings. The average molecular weight is 795 g/mol. The van der Waals surface area contributed by atoms with Crippen LogP contribution in [0.4, 0.5) is 87.8 Å².